The minimum atomic E-state index is -0.187. The molecule has 0 aliphatic carbocycles. The largest absolute Gasteiger partial charge is 0.374 e. The van der Waals surface area contributed by atoms with Gasteiger partial charge in [0.2, 0.25) is 0 Å². The molecule has 12 heavy (non-hydrogen) atoms. The monoisotopic (exact) mass is 165 g/mol. The lowest BCUT2D eigenvalue weighted by molar-refractivity contribution is -0.113. The summed E-state index contributed by atoms with van der Waals surface area (Å²) in [6.45, 7) is 2.13. The predicted molar refractivity (Wildman–Crippen MR) is 43.4 cm³/mol. The van der Waals surface area contributed by atoms with E-state index in [0.717, 1.165) is 19.4 Å². The van der Waals surface area contributed by atoms with Gasteiger partial charge in [-0.05, 0) is 25.8 Å². The highest BCUT2D eigenvalue weighted by Gasteiger charge is 2.14. The Morgan fingerprint density at radius 3 is 2.92 bits per heavy atom. The van der Waals surface area contributed by atoms with Crippen LogP contribution in [0, 0.1) is 11.3 Å². The Kier molecular flexibility index (Phi) is 3.01. The fourth-order valence-electron chi connectivity index (χ4n) is 1.15. The number of carbonyl (C=O) groups is 1. The first-order chi connectivity index (χ1) is 5.74. The van der Waals surface area contributed by atoms with E-state index in [1.54, 1.807) is 6.08 Å². The molecule has 1 atom stereocenters. The summed E-state index contributed by atoms with van der Waals surface area (Å²) >= 11 is 0. The Morgan fingerprint density at radius 1 is 1.75 bits per heavy atom. The Balaban J connectivity index is 2.64. The Bertz CT molecular complexity index is 244. The number of rotatable bonds is 2. The van der Waals surface area contributed by atoms with E-state index in [1.807, 2.05) is 6.07 Å². The van der Waals surface area contributed by atoms with Crippen LogP contribution in [0.5, 0.6) is 0 Å². The van der Waals surface area contributed by atoms with Crippen LogP contribution in [0.2, 0.25) is 0 Å². The predicted octanol–water partition coefficient (Wildman–Crippen LogP) is 1.20. The zero-order valence-corrected chi connectivity index (χ0v) is 7.04. The Hall–Kier alpha value is -1.14. The van der Waals surface area contributed by atoms with E-state index in [2.05, 4.69) is 0 Å². The highest BCUT2D eigenvalue weighted by molar-refractivity contribution is 5.97. The summed E-state index contributed by atoms with van der Waals surface area (Å²) < 4.78 is 5.26. The van der Waals surface area contributed by atoms with Crippen LogP contribution >= 0.6 is 0 Å². The molecule has 0 aromatic rings. The van der Waals surface area contributed by atoms with Crippen LogP contribution in [0.3, 0.4) is 0 Å². The van der Waals surface area contributed by atoms with Crippen LogP contribution in [0.15, 0.2) is 11.6 Å². The van der Waals surface area contributed by atoms with E-state index < -0.39 is 0 Å². The molecule has 64 valence electrons. The lowest BCUT2D eigenvalue weighted by Crippen LogP contribution is -2.04. The number of Topliss-reactive ketones (excluding diaryl/α,β-unsaturated/α-hetero) is 1. The van der Waals surface area contributed by atoms with Crippen molar-refractivity contribution in [1.82, 2.24) is 0 Å². The van der Waals surface area contributed by atoms with Gasteiger partial charge in [0.25, 0.3) is 0 Å². The summed E-state index contributed by atoms with van der Waals surface area (Å²) in [6.07, 6.45) is 3.52. The number of hydrogen-bond acceptors (Lipinski definition) is 3. The van der Waals surface area contributed by atoms with Gasteiger partial charge in [0.1, 0.15) is 6.07 Å². The van der Waals surface area contributed by atoms with Gasteiger partial charge in [-0.15, -0.1) is 0 Å². The van der Waals surface area contributed by atoms with Crippen molar-refractivity contribution in [3.63, 3.8) is 0 Å². The summed E-state index contributed by atoms with van der Waals surface area (Å²) in [7, 11) is 0. The van der Waals surface area contributed by atoms with Gasteiger partial charge in [-0.25, -0.2) is 0 Å². The van der Waals surface area contributed by atoms with Crippen LogP contribution in [0.4, 0.5) is 0 Å². The van der Waals surface area contributed by atoms with Crippen molar-refractivity contribution in [2.75, 3.05) is 6.61 Å². The minimum absolute atomic E-state index is 0.0245. The maximum absolute atomic E-state index is 10.8. The van der Waals surface area contributed by atoms with Crippen LogP contribution in [0.1, 0.15) is 19.8 Å². The standard InChI is InChI=1S/C9H11NO2/c1-7(11)8(6-10)5-9-3-2-4-12-9/h5,9H,2-4H2,1H3/b8-5+. The van der Waals surface area contributed by atoms with Gasteiger partial charge in [0.05, 0.1) is 11.7 Å². The van der Waals surface area contributed by atoms with E-state index in [-0.39, 0.29) is 17.5 Å². The molecular formula is C9H11NO2. The molecule has 0 aromatic carbocycles. The van der Waals surface area contributed by atoms with Crippen molar-refractivity contribution in [1.29, 1.82) is 5.26 Å². The maximum Gasteiger partial charge on any atom is 0.170 e. The fourth-order valence-corrected chi connectivity index (χ4v) is 1.15. The van der Waals surface area contributed by atoms with Crippen molar-refractivity contribution in [3.05, 3.63) is 11.6 Å². The van der Waals surface area contributed by atoms with Crippen LogP contribution in [-0.4, -0.2) is 18.5 Å². The molecule has 0 saturated carbocycles. The number of carbonyl (C=O) groups excluding carboxylic acids is 1. The number of nitriles is 1. The minimum Gasteiger partial charge on any atom is -0.374 e. The molecule has 0 spiro atoms. The quantitative estimate of drug-likeness (QED) is 0.456. The second-order valence-electron chi connectivity index (χ2n) is 2.80. The Morgan fingerprint density at radius 2 is 2.50 bits per heavy atom. The summed E-state index contributed by atoms with van der Waals surface area (Å²) in [5, 5.41) is 8.56. The molecule has 0 aromatic heterocycles. The summed E-state index contributed by atoms with van der Waals surface area (Å²) in [5.74, 6) is -0.187. The second kappa shape index (κ2) is 4.03. The molecule has 1 heterocycles. The van der Waals surface area contributed by atoms with Gasteiger partial charge in [-0.1, -0.05) is 0 Å². The number of nitrogens with zero attached hydrogens (tertiary/aromatic N) is 1. The van der Waals surface area contributed by atoms with E-state index in [1.165, 1.54) is 6.92 Å². The number of allylic oxidation sites excluding steroid dienone is 1. The van der Waals surface area contributed by atoms with Crippen molar-refractivity contribution in [3.8, 4) is 6.07 Å². The zero-order valence-electron chi connectivity index (χ0n) is 7.04. The Labute approximate surface area is 71.6 Å². The first kappa shape index (κ1) is 8.95. The third kappa shape index (κ3) is 2.18. The lowest BCUT2D eigenvalue weighted by Gasteiger charge is -2.01. The highest BCUT2D eigenvalue weighted by Crippen LogP contribution is 2.14. The van der Waals surface area contributed by atoms with Gasteiger partial charge < -0.3 is 4.74 Å². The average Bonchev–Trinajstić information content (AvgIpc) is 2.51. The molecule has 0 N–H and O–H groups in total. The summed E-state index contributed by atoms with van der Waals surface area (Å²) in [4.78, 5) is 10.8. The summed E-state index contributed by atoms with van der Waals surface area (Å²) in [6, 6.07) is 1.86. The van der Waals surface area contributed by atoms with Crippen molar-refractivity contribution in [2.24, 2.45) is 0 Å². The molecule has 1 saturated heterocycles. The summed E-state index contributed by atoms with van der Waals surface area (Å²) in [5.41, 5.74) is 0.210. The van der Waals surface area contributed by atoms with Gasteiger partial charge in [-0.2, -0.15) is 5.26 Å². The molecule has 1 fully saturated rings. The smallest absolute Gasteiger partial charge is 0.170 e. The SMILES string of the molecule is CC(=O)/C(C#N)=C/C1CCCO1. The van der Waals surface area contributed by atoms with Gasteiger partial charge in [-0.3, -0.25) is 4.79 Å². The van der Waals surface area contributed by atoms with Crippen molar-refractivity contribution in [2.45, 2.75) is 25.9 Å². The zero-order chi connectivity index (χ0) is 8.97. The second-order valence-corrected chi connectivity index (χ2v) is 2.80. The van der Waals surface area contributed by atoms with Crippen LogP contribution < -0.4 is 0 Å². The molecule has 3 nitrogen and oxygen atoms in total. The van der Waals surface area contributed by atoms with E-state index in [4.69, 9.17) is 10.00 Å². The molecule has 0 radical (unpaired) electrons. The van der Waals surface area contributed by atoms with Crippen LogP contribution in [0.25, 0.3) is 0 Å². The maximum atomic E-state index is 10.8. The topological polar surface area (TPSA) is 50.1 Å². The first-order valence-electron chi connectivity index (χ1n) is 3.98. The first-order valence-corrected chi connectivity index (χ1v) is 3.98. The van der Waals surface area contributed by atoms with Gasteiger partial charge in [0, 0.05) is 6.61 Å². The fraction of sp³-hybridized carbons (Fsp3) is 0.556. The van der Waals surface area contributed by atoms with Crippen molar-refractivity contribution >= 4 is 5.78 Å². The normalized spacial score (nSPS) is 23.7. The van der Waals surface area contributed by atoms with E-state index in [9.17, 15) is 4.79 Å². The van der Waals surface area contributed by atoms with Gasteiger partial charge >= 0.3 is 0 Å². The molecule has 0 amide bonds. The van der Waals surface area contributed by atoms with Gasteiger partial charge in [0.15, 0.2) is 5.78 Å². The third-order valence-corrected chi connectivity index (χ3v) is 1.82. The molecule has 0 bridgehead atoms. The molecule has 1 rings (SSSR count). The molecule has 3 heteroatoms. The number of hydrogen-bond donors (Lipinski definition) is 0. The molecular weight excluding hydrogens is 154 g/mol. The lowest BCUT2D eigenvalue weighted by atomic mass is 10.1. The van der Waals surface area contributed by atoms with E-state index >= 15 is 0 Å². The third-order valence-electron chi connectivity index (χ3n) is 1.82. The molecule has 1 aliphatic rings. The number of ketones is 1. The van der Waals surface area contributed by atoms with Crippen LogP contribution in [-0.2, 0) is 9.53 Å². The number of ether oxygens (including phenoxy) is 1. The highest BCUT2D eigenvalue weighted by atomic mass is 16.5. The molecule has 1 aliphatic heterocycles. The van der Waals surface area contributed by atoms with E-state index in [0.29, 0.717) is 0 Å². The van der Waals surface area contributed by atoms with Crippen molar-refractivity contribution < 1.29 is 9.53 Å². The molecule has 1 unspecified atom stereocenters. The average molecular weight is 165 g/mol.